The minimum absolute atomic E-state index is 0.133. The van der Waals surface area contributed by atoms with Crippen molar-refractivity contribution in [3.8, 4) is 17.4 Å². The summed E-state index contributed by atoms with van der Waals surface area (Å²) in [4.78, 5) is 20.6. The van der Waals surface area contributed by atoms with E-state index in [0.717, 1.165) is 12.1 Å². The molecule has 10 heteroatoms. The van der Waals surface area contributed by atoms with Gasteiger partial charge in [-0.05, 0) is 49.4 Å². The van der Waals surface area contributed by atoms with Gasteiger partial charge in [0.05, 0.1) is 5.69 Å². The second-order valence-corrected chi connectivity index (χ2v) is 6.39. The first-order chi connectivity index (χ1) is 15.0. The molecular weight excluding hydrogens is 406 g/mol. The number of halogens is 2. The third kappa shape index (κ3) is 4.99. The van der Waals surface area contributed by atoms with Crippen LogP contribution >= 0.6 is 0 Å². The van der Waals surface area contributed by atoms with Crippen LogP contribution in [-0.2, 0) is 0 Å². The fraction of sp³-hybridized carbons (Fsp3) is 0.0476. The Labute approximate surface area is 175 Å². The molecule has 0 bridgehead atoms. The molecule has 0 spiro atoms. The summed E-state index contributed by atoms with van der Waals surface area (Å²) >= 11 is 0. The standard InChI is InChI=1S/C21H16F2N6O2/c1-13-25-19(29-10-2-9-24-29)12-20(26-13)31-16-6-4-15(5-7-16)27-21(30)28-18-8-3-14(22)11-17(18)23/h2-12H,1H3,(H2,27,28,30). The smallest absolute Gasteiger partial charge is 0.323 e. The highest BCUT2D eigenvalue weighted by atomic mass is 19.1. The first-order valence-corrected chi connectivity index (χ1v) is 9.13. The fourth-order valence-corrected chi connectivity index (χ4v) is 2.70. The third-order valence-electron chi connectivity index (χ3n) is 4.05. The Balaban J connectivity index is 1.41. The molecule has 31 heavy (non-hydrogen) atoms. The monoisotopic (exact) mass is 422 g/mol. The highest BCUT2D eigenvalue weighted by Gasteiger charge is 2.09. The molecule has 0 fully saturated rings. The van der Waals surface area contributed by atoms with Crippen molar-refractivity contribution in [1.82, 2.24) is 19.7 Å². The van der Waals surface area contributed by atoms with Gasteiger partial charge >= 0.3 is 6.03 Å². The van der Waals surface area contributed by atoms with E-state index in [1.165, 1.54) is 0 Å². The van der Waals surface area contributed by atoms with Crippen molar-refractivity contribution in [3.05, 3.63) is 84.4 Å². The van der Waals surface area contributed by atoms with Crippen molar-refractivity contribution in [3.63, 3.8) is 0 Å². The lowest BCUT2D eigenvalue weighted by Crippen LogP contribution is -2.20. The summed E-state index contributed by atoms with van der Waals surface area (Å²) in [5.41, 5.74) is 0.314. The number of hydrogen-bond acceptors (Lipinski definition) is 5. The largest absolute Gasteiger partial charge is 0.439 e. The normalized spacial score (nSPS) is 10.5. The highest BCUT2D eigenvalue weighted by molar-refractivity contribution is 5.99. The molecule has 4 rings (SSSR count). The Bertz CT molecular complexity index is 1210. The van der Waals surface area contributed by atoms with Crippen molar-refractivity contribution >= 4 is 17.4 Å². The number of benzene rings is 2. The summed E-state index contributed by atoms with van der Waals surface area (Å²) < 4.78 is 34.0. The van der Waals surface area contributed by atoms with E-state index in [2.05, 4.69) is 25.7 Å². The van der Waals surface area contributed by atoms with E-state index < -0.39 is 17.7 Å². The fourth-order valence-electron chi connectivity index (χ4n) is 2.70. The molecule has 0 atom stereocenters. The molecule has 0 radical (unpaired) electrons. The van der Waals surface area contributed by atoms with Gasteiger partial charge in [-0.25, -0.2) is 23.2 Å². The number of amides is 2. The van der Waals surface area contributed by atoms with E-state index in [4.69, 9.17) is 4.74 Å². The number of urea groups is 1. The van der Waals surface area contributed by atoms with E-state index in [1.807, 2.05) is 0 Å². The molecule has 0 aliphatic heterocycles. The van der Waals surface area contributed by atoms with E-state index in [-0.39, 0.29) is 5.69 Å². The average molecular weight is 422 g/mol. The van der Waals surface area contributed by atoms with Gasteiger partial charge in [0.1, 0.15) is 23.2 Å². The van der Waals surface area contributed by atoms with Crippen molar-refractivity contribution in [2.24, 2.45) is 0 Å². The molecule has 2 N–H and O–H groups in total. The maximum atomic E-state index is 13.6. The molecule has 4 aromatic rings. The van der Waals surface area contributed by atoms with Gasteiger partial charge in [0.15, 0.2) is 5.82 Å². The molecule has 2 amide bonds. The summed E-state index contributed by atoms with van der Waals surface area (Å²) in [5.74, 6) is 0.313. The quantitative estimate of drug-likeness (QED) is 0.487. The first kappa shape index (κ1) is 20.0. The van der Waals surface area contributed by atoms with Gasteiger partial charge in [-0.3, -0.25) is 0 Å². The van der Waals surface area contributed by atoms with Gasteiger partial charge in [0, 0.05) is 30.2 Å². The summed E-state index contributed by atoms with van der Waals surface area (Å²) in [6.07, 6.45) is 3.40. The number of anilines is 2. The van der Waals surface area contributed by atoms with Crippen LogP contribution in [0.2, 0.25) is 0 Å². The van der Waals surface area contributed by atoms with Crippen LogP contribution in [0.15, 0.2) is 67.0 Å². The van der Waals surface area contributed by atoms with Crippen LogP contribution < -0.4 is 15.4 Å². The van der Waals surface area contributed by atoms with Gasteiger partial charge in [-0.2, -0.15) is 10.1 Å². The number of nitrogens with zero attached hydrogens (tertiary/aromatic N) is 4. The number of aryl methyl sites for hydroxylation is 1. The summed E-state index contributed by atoms with van der Waals surface area (Å²) in [5, 5.41) is 9.01. The zero-order valence-corrected chi connectivity index (χ0v) is 16.2. The second kappa shape index (κ2) is 8.57. The lowest BCUT2D eigenvalue weighted by atomic mass is 10.3. The Hall–Kier alpha value is -4.34. The molecule has 8 nitrogen and oxygen atoms in total. The average Bonchev–Trinajstić information content (AvgIpc) is 3.26. The summed E-state index contributed by atoms with van der Waals surface area (Å²) in [6, 6.07) is 12.1. The Kier molecular flexibility index (Phi) is 5.52. The van der Waals surface area contributed by atoms with Crippen LogP contribution in [0.1, 0.15) is 5.82 Å². The predicted molar refractivity (Wildman–Crippen MR) is 109 cm³/mol. The molecule has 2 aromatic carbocycles. The van der Waals surface area contributed by atoms with Crippen LogP contribution in [-0.4, -0.2) is 25.8 Å². The van der Waals surface area contributed by atoms with Crippen LogP contribution in [0.5, 0.6) is 11.6 Å². The minimum atomic E-state index is -0.867. The number of nitrogens with one attached hydrogen (secondary N) is 2. The van der Waals surface area contributed by atoms with Gasteiger partial charge in [-0.15, -0.1) is 0 Å². The van der Waals surface area contributed by atoms with Crippen LogP contribution in [0.25, 0.3) is 5.82 Å². The number of ether oxygens (including phenoxy) is 1. The van der Waals surface area contributed by atoms with Gasteiger partial charge in [0.25, 0.3) is 0 Å². The lowest BCUT2D eigenvalue weighted by Gasteiger charge is -2.10. The lowest BCUT2D eigenvalue weighted by molar-refractivity contribution is 0.262. The van der Waals surface area contributed by atoms with Crippen molar-refractivity contribution < 1.29 is 18.3 Å². The van der Waals surface area contributed by atoms with Gasteiger partial charge < -0.3 is 15.4 Å². The highest BCUT2D eigenvalue weighted by Crippen LogP contribution is 2.23. The molecular formula is C21H16F2N6O2. The third-order valence-corrected chi connectivity index (χ3v) is 4.05. The number of carbonyl (C=O) groups is 1. The maximum Gasteiger partial charge on any atom is 0.323 e. The Morgan fingerprint density at radius 3 is 2.55 bits per heavy atom. The number of aromatic nitrogens is 4. The second-order valence-electron chi connectivity index (χ2n) is 6.39. The minimum Gasteiger partial charge on any atom is -0.439 e. The molecule has 0 aliphatic rings. The molecule has 0 saturated carbocycles. The number of carbonyl (C=O) groups excluding carboxylic acids is 1. The topological polar surface area (TPSA) is 94.0 Å². The van der Waals surface area contributed by atoms with E-state index >= 15 is 0 Å². The molecule has 0 aliphatic carbocycles. The van der Waals surface area contributed by atoms with Gasteiger partial charge in [-0.1, -0.05) is 0 Å². The van der Waals surface area contributed by atoms with Crippen molar-refractivity contribution in [2.45, 2.75) is 6.92 Å². The Morgan fingerprint density at radius 2 is 1.84 bits per heavy atom. The summed E-state index contributed by atoms with van der Waals surface area (Å²) in [6.45, 7) is 1.75. The molecule has 2 aromatic heterocycles. The van der Waals surface area contributed by atoms with Crippen LogP contribution in [0, 0.1) is 18.6 Å². The van der Waals surface area contributed by atoms with Crippen molar-refractivity contribution in [2.75, 3.05) is 10.6 Å². The zero-order chi connectivity index (χ0) is 21.8. The van der Waals surface area contributed by atoms with Crippen molar-refractivity contribution in [1.29, 1.82) is 0 Å². The van der Waals surface area contributed by atoms with Gasteiger partial charge in [0.2, 0.25) is 5.88 Å². The molecule has 156 valence electrons. The molecule has 0 saturated heterocycles. The Morgan fingerprint density at radius 1 is 1.03 bits per heavy atom. The molecule has 2 heterocycles. The van der Waals surface area contributed by atoms with E-state index in [9.17, 15) is 13.6 Å². The number of rotatable bonds is 5. The summed E-state index contributed by atoms with van der Waals surface area (Å²) in [7, 11) is 0. The zero-order valence-electron chi connectivity index (χ0n) is 16.2. The van der Waals surface area contributed by atoms with E-state index in [0.29, 0.717) is 35.0 Å². The molecule has 0 unspecified atom stereocenters. The van der Waals surface area contributed by atoms with E-state index in [1.54, 1.807) is 60.4 Å². The SMILES string of the molecule is Cc1nc(Oc2ccc(NC(=O)Nc3ccc(F)cc3F)cc2)cc(-n2cccn2)n1. The first-order valence-electron chi connectivity index (χ1n) is 9.13. The predicted octanol–water partition coefficient (Wildman–Crippen LogP) is 4.69. The van der Waals surface area contributed by atoms with Crippen LogP contribution in [0.3, 0.4) is 0 Å². The van der Waals surface area contributed by atoms with Crippen LogP contribution in [0.4, 0.5) is 25.0 Å². The number of hydrogen-bond donors (Lipinski definition) is 2. The maximum absolute atomic E-state index is 13.6.